The molecule has 4 rings (SSSR count). The molecule has 1 aromatic carbocycles. The second-order valence-corrected chi connectivity index (χ2v) is 6.91. The van der Waals surface area contributed by atoms with Crippen molar-refractivity contribution in [1.29, 1.82) is 0 Å². The molecule has 0 saturated carbocycles. The molecule has 0 radical (unpaired) electrons. The van der Waals surface area contributed by atoms with Crippen molar-refractivity contribution in [2.75, 3.05) is 0 Å². The van der Waals surface area contributed by atoms with Crippen LogP contribution in [0, 0.1) is 0 Å². The minimum atomic E-state index is -1.70. The van der Waals surface area contributed by atoms with Gasteiger partial charge in [0, 0.05) is 28.2 Å². The number of aromatic nitrogens is 5. The van der Waals surface area contributed by atoms with Gasteiger partial charge in [0.25, 0.3) is 6.08 Å². The molecule has 0 aliphatic heterocycles. The van der Waals surface area contributed by atoms with E-state index < -0.39 is 6.08 Å². The highest BCUT2D eigenvalue weighted by atomic mass is 79.9. The van der Waals surface area contributed by atoms with Crippen LogP contribution in [0.3, 0.4) is 0 Å². The Hall–Kier alpha value is -2.87. The molecule has 0 spiro atoms. The van der Waals surface area contributed by atoms with Crippen molar-refractivity contribution in [3.63, 3.8) is 0 Å². The molecule has 0 fully saturated rings. The first-order valence-corrected chi connectivity index (χ1v) is 9.02. The number of aromatic amines is 2. The predicted octanol–water partition coefficient (Wildman–Crippen LogP) is 5.41. The third-order valence-corrected chi connectivity index (χ3v) is 4.78. The molecular weight excluding hydrogens is 416 g/mol. The molecule has 136 valence electrons. The smallest absolute Gasteiger partial charge is 0.266 e. The van der Waals surface area contributed by atoms with E-state index in [1.54, 1.807) is 18.6 Å². The minimum absolute atomic E-state index is 0.126. The van der Waals surface area contributed by atoms with Gasteiger partial charge in [-0.25, -0.2) is 9.97 Å². The van der Waals surface area contributed by atoms with E-state index in [4.69, 9.17) is 4.98 Å². The van der Waals surface area contributed by atoms with Gasteiger partial charge in [-0.1, -0.05) is 28.1 Å². The number of hydrogen-bond donors (Lipinski definition) is 2. The number of fused-ring (bicyclic) bond motifs is 1. The van der Waals surface area contributed by atoms with Crippen molar-refractivity contribution in [3.05, 3.63) is 76.8 Å². The summed E-state index contributed by atoms with van der Waals surface area (Å²) in [6.45, 7) is 0. The van der Waals surface area contributed by atoms with Crippen LogP contribution in [-0.4, -0.2) is 25.1 Å². The van der Waals surface area contributed by atoms with Crippen LogP contribution in [0.15, 0.2) is 65.6 Å². The van der Waals surface area contributed by atoms with E-state index in [9.17, 15) is 8.78 Å². The second kappa shape index (κ2) is 7.40. The third-order valence-electron chi connectivity index (χ3n) is 4.29. The fourth-order valence-corrected chi connectivity index (χ4v) is 3.49. The Kier molecular flexibility index (Phi) is 4.81. The summed E-state index contributed by atoms with van der Waals surface area (Å²) < 4.78 is 26.6. The summed E-state index contributed by atoms with van der Waals surface area (Å²) in [6, 6.07) is 9.48. The highest BCUT2D eigenvalue weighted by Crippen LogP contribution is 2.34. The normalized spacial score (nSPS) is 12.3. The Morgan fingerprint density at radius 2 is 2.11 bits per heavy atom. The molecule has 27 heavy (non-hydrogen) atoms. The topological polar surface area (TPSA) is 70.2 Å². The standard InChI is InChI=1S/C19H14BrF2N5/c20-13-3-1-2-11(8-13)14(4-5-16(21)22)17-15-6-7-23-19(15)27-18(26-17)12-9-24-25-10-12/h1-3,5-10,14H,4H2,(H,24,25)(H,23,26,27). The van der Waals surface area contributed by atoms with Gasteiger partial charge in [0.2, 0.25) is 0 Å². The lowest BCUT2D eigenvalue weighted by molar-refractivity contribution is 0.416. The van der Waals surface area contributed by atoms with Crippen molar-refractivity contribution in [2.45, 2.75) is 12.3 Å². The molecule has 3 aromatic heterocycles. The molecule has 1 atom stereocenters. The van der Waals surface area contributed by atoms with Crippen LogP contribution in [0.1, 0.15) is 23.6 Å². The van der Waals surface area contributed by atoms with E-state index in [2.05, 4.69) is 36.1 Å². The first-order valence-electron chi connectivity index (χ1n) is 8.22. The van der Waals surface area contributed by atoms with Crippen LogP contribution in [-0.2, 0) is 0 Å². The molecule has 0 aliphatic carbocycles. The second-order valence-electron chi connectivity index (χ2n) is 6.00. The number of allylic oxidation sites excluding steroid dienone is 1. The SMILES string of the molecule is FC(F)=CCC(c1cccc(Br)c1)c1nc(-c2cn[nH]c2)nc2[nH]ccc12. The average molecular weight is 430 g/mol. The van der Waals surface area contributed by atoms with Gasteiger partial charge in [0.1, 0.15) is 5.65 Å². The van der Waals surface area contributed by atoms with Crippen molar-refractivity contribution >= 4 is 27.0 Å². The molecule has 0 bridgehead atoms. The lowest BCUT2D eigenvalue weighted by Crippen LogP contribution is -2.06. The number of nitrogens with zero attached hydrogens (tertiary/aromatic N) is 3. The van der Waals surface area contributed by atoms with Gasteiger partial charge in [0.05, 0.1) is 17.5 Å². The molecule has 0 aliphatic rings. The number of nitrogens with one attached hydrogen (secondary N) is 2. The van der Waals surface area contributed by atoms with Gasteiger partial charge in [0.15, 0.2) is 5.82 Å². The molecular formula is C19H14BrF2N5. The molecule has 8 heteroatoms. The number of hydrogen-bond acceptors (Lipinski definition) is 3. The highest BCUT2D eigenvalue weighted by Gasteiger charge is 2.21. The van der Waals surface area contributed by atoms with E-state index >= 15 is 0 Å². The lowest BCUT2D eigenvalue weighted by atomic mass is 9.90. The van der Waals surface area contributed by atoms with E-state index in [0.29, 0.717) is 17.2 Å². The summed E-state index contributed by atoms with van der Waals surface area (Å²) in [5.41, 5.74) is 2.96. The first kappa shape index (κ1) is 17.5. The zero-order valence-corrected chi connectivity index (χ0v) is 15.5. The maximum Gasteiger partial charge on any atom is 0.266 e. The summed E-state index contributed by atoms with van der Waals surface area (Å²) in [5.74, 6) is 0.134. The van der Waals surface area contributed by atoms with Gasteiger partial charge in [-0.05, 0) is 36.3 Å². The largest absolute Gasteiger partial charge is 0.346 e. The molecule has 3 heterocycles. The zero-order valence-electron chi connectivity index (χ0n) is 14.0. The Labute approximate surface area is 161 Å². The maximum absolute atomic E-state index is 12.9. The maximum atomic E-state index is 12.9. The fraction of sp³-hybridized carbons (Fsp3) is 0.105. The monoisotopic (exact) mass is 429 g/mol. The summed E-state index contributed by atoms with van der Waals surface area (Å²) in [4.78, 5) is 12.3. The van der Waals surface area contributed by atoms with Crippen molar-refractivity contribution in [1.82, 2.24) is 25.1 Å². The van der Waals surface area contributed by atoms with Crippen LogP contribution in [0.4, 0.5) is 8.78 Å². The van der Waals surface area contributed by atoms with Gasteiger partial charge in [-0.2, -0.15) is 13.9 Å². The minimum Gasteiger partial charge on any atom is -0.346 e. The van der Waals surface area contributed by atoms with Gasteiger partial charge in [-0.15, -0.1) is 0 Å². The zero-order chi connectivity index (χ0) is 18.8. The van der Waals surface area contributed by atoms with Crippen LogP contribution in [0.25, 0.3) is 22.4 Å². The van der Waals surface area contributed by atoms with E-state index in [-0.39, 0.29) is 12.3 Å². The number of halogens is 3. The summed E-state index contributed by atoms with van der Waals surface area (Å²) >= 11 is 3.46. The van der Waals surface area contributed by atoms with Gasteiger partial charge >= 0.3 is 0 Å². The average Bonchev–Trinajstić information content (AvgIpc) is 3.33. The first-order chi connectivity index (χ1) is 13.1. The van der Waals surface area contributed by atoms with Crippen molar-refractivity contribution < 1.29 is 8.78 Å². The van der Waals surface area contributed by atoms with Crippen molar-refractivity contribution in [2.24, 2.45) is 0 Å². The van der Waals surface area contributed by atoms with Gasteiger partial charge in [-0.3, -0.25) is 5.10 Å². The Bertz CT molecular complexity index is 1100. The van der Waals surface area contributed by atoms with Gasteiger partial charge < -0.3 is 4.98 Å². The van der Waals surface area contributed by atoms with Crippen molar-refractivity contribution in [3.8, 4) is 11.4 Å². The Morgan fingerprint density at radius 3 is 2.85 bits per heavy atom. The Morgan fingerprint density at radius 1 is 1.22 bits per heavy atom. The highest BCUT2D eigenvalue weighted by molar-refractivity contribution is 9.10. The predicted molar refractivity (Wildman–Crippen MR) is 102 cm³/mol. The molecule has 0 saturated heterocycles. The quantitative estimate of drug-likeness (QED) is 0.445. The van der Waals surface area contributed by atoms with Crippen LogP contribution >= 0.6 is 15.9 Å². The Balaban J connectivity index is 1.91. The number of rotatable bonds is 5. The van der Waals surface area contributed by atoms with Crippen LogP contribution in [0.5, 0.6) is 0 Å². The molecule has 2 N–H and O–H groups in total. The summed E-state index contributed by atoms with van der Waals surface area (Å²) in [7, 11) is 0. The number of H-pyrrole nitrogens is 2. The third kappa shape index (κ3) is 3.66. The summed E-state index contributed by atoms with van der Waals surface area (Å²) in [5, 5.41) is 7.49. The summed E-state index contributed by atoms with van der Waals surface area (Å²) in [6.07, 6.45) is 4.45. The molecule has 4 aromatic rings. The lowest BCUT2D eigenvalue weighted by Gasteiger charge is -2.17. The molecule has 5 nitrogen and oxygen atoms in total. The molecule has 0 amide bonds. The van der Waals surface area contributed by atoms with Crippen LogP contribution in [0.2, 0.25) is 0 Å². The fourth-order valence-electron chi connectivity index (χ4n) is 3.07. The molecule has 1 unspecified atom stereocenters. The van der Waals surface area contributed by atoms with Crippen LogP contribution < -0.4 is 0 Å². The van der Waals surface area contributed by atoms with E-state index in [1.165, 1.54) is 0 Å². The van der Waals surface area contributed by atoms with E-state index in [0.717, 1.165) is 27.1 Å². The number of benzene rings is 1. The van der Waals surface area contributed by atoms with E-state index in [1.807, 2.05) is 30.3 Å².